The van der Waals surface area contributed by atoms with Crippen molar-refractivity contribution in [3.63, 3.8) is 0 Å². The van der Waals surface area contributed by atoms with Crippen LogP contribution in [-0.2, 0) is 19.1 Å². The molecule has 2 atom stereocenters. The molecule has 0 spiro atoms. The number of methoxy groups -OCH3 is 1. The second-order valence-corrected chi connectivity index (χ2v) is 5.17. The van der Waals surface area contributed by atoms with Crippen LogP contribution in [0.4, 0.5) is 0 Å². The molecular weight excluding hydrogens is 236 g/mol. The molecule has 0 rings (SSSR count). The summed E-state index contributed by atoms with van der Waals surface area (Å²) >= 11 is 0. The maximum absolute atomic E-state index is 11.9. The second kappa shape index (κ2) is 7.33. The molecule has 1 unspecified atom stereocenters. The molecule has 0 aromatic heterocycles. The molecular formula is C12H24N2O4. The highest BCUT2D eigenvalue weighted by atomic mass is 16.6. The summed E-state index contributed by atoms with van der Waals surface area (Å²) in [5, 5.41) is 0. The average molecular weight is 260 g/mol. The van der Waals surface area contributed by atoms with Gasteiger partial charge in [0, 0.05) is 0 Å². The Morgan fingerprint density at radius 3 is 2.17 bits per heavy atom. The van der Waals surface area contributed by atoms with Gasteiger partial charge >= 0.3 is 11.9 Å². The van der Waals surface area contributed by atoms with Crippen LogP contribution in [0.1, 0.15) is 33.6 Å². The first-order chi connectivity index (χ1) is 8.21. The molecule has 0 amide bonds. The van der Waals surface area contributed by atoms with Gasteiger partial charge in [0.2, 0.25) is 0 Å². The number of rotatable bonds is 6. The first-order valence-electron chi connectivity index (χ1n) is 5.97. The summed E-state index contributed by atoms with van der Waals surface area (Å²) in [6.45, 7) is 5.68. The van der Waals surface area contributed by atoms with E-state index < -0.39 is 23.5 Å². The molecule has 18 heavy (non-hydrogen) atoms. The van der Waals surface area contributed by atoms with Crippen LogP contribution in [0.2, 0.25) is 0 Å². The monoisotopic (exact) mass is 260 g/mol. The first-order valence-corrected chi connectivity index (χ1v) is 5.97. The van der Waals surface area contributed by atoms with Crippen molar-refractivity contribution in [3.8, 4) is 0 Å². The van der Waals surface area contributed by atoms with E-state index in [4.69, 9.17) is 16.2 Å². The van der Waals surface area contributed by atoms with Gasteiger partial charge in [-0.2, -0.15) is 0 Å². The maximum atomic E-state index is 11.9. The van der Waals surface area contributed by atoms with Crippen molar-refractivity contribution in [2.75, 3.05) is 13.7 Å². The minimum atomic E-state index is -0.834. The van der Waals surface area contributed by atoms with E-state index in [9.17, 15) is 9.59 Å². The number of hydrogen-bond acceptors (Lipinski definition) is 6. The molecule has 6 heteroatoms. The van der Waals surface area contributed by atoms with Gasteiger partial charge in [-0.25, -0.2) is 0 Å². The number of carbonyl (C=O) groups is 2. The van der Waals surface area contributed by atoms with Crippen LogP contribution in [0.25, 0.3) is 0 Å². The molecule has 0 saturated heterocycles. The fourth-order valence-electron chi connectivity index (χ4n) is 1.47. The molecule has 0 aliphatic carbocycles. The van der Waals surface area contributed by atoms with Crippen LogP contribution in [0.3, 0.4) is 0 Å². The standard InChI is InChI=1S/C12H24N2O4/c1-12(2,3)18-10(15)8(5-6-13)7-9(14)11(16)17-4/h8-9H,5-7,13-14H2,1-4H3/t8?,9-/m0/s1. The zero-order valence-electron chi connectivity index (χ0n) is 11.6. The van der Waals surface area contributed by atoms with Gasteiger partial charge in [-0.1, -0.05) is 0 Å². The lowest BCUT2D eigenvalue weighted by Crippen LogP contribution is -2.38. The Morgan fingerprint density at radius 2 is 1.78 bits per heavy atom. The molecule has 0 bridgehead atoms. The molecule has 0 aliphatic heterocycles. The van der Waals surface area contributed by atoms with E-state index in [2.05, 4.69) is 4.74 Å². The summed E-state index contributed by atoms with van der Waals surface area (Å²) in [5.41, 5.74) is 10.5. The quantitative estimate of drug-likeness (QED) is 0.660. The largest absolute Gasteiger partial charge is 0.468 e. The lowest BCUT2D eigenvalue weighted by atomic mass is 9.96. The van der Waals surface area contributed by atoms with Crippen molar-refractivity contribution in [3.05, 3.63) is 0 Å². The van der Waals surface area contributed by atoms with Crippen molar-refractivity contribution in [1.29, 1.82) is 0 Å². The third-order valence-electron chi connectivity index (χ3n) is 2.30. The van der Waals surface area contributed by atoms with Gasteiger partial charge in [-0.15, -0.1) is 0 Å². The van der Waals surface area contributed by atoms with E-state index in [0.717, 1.165) is 0 Å². The Labute approximate surface area is 108 Å². The molecule has 0 aliphatic rings. The Morgan fingerprint density at radius 1 is 1.22 bits per heavy atom. The summed E-state index contributed by atoms with van der Waals surface area (Å²) < 4.78 is 9.79. The average Bonchev–Trinajstić information content (AvgIpc) is 2.24. The number of nitrogens with two attached hydrogens (primary N) is 2. The van der Waals surface area contributed by atoms with E-state index in [1.54, 1.807) is 20.8 Å². The van der Waals surface area contributed by atoms with E-state index in [1.165, 1.54) is 7.11 Å². The van der Waals surface area contributed by atoms with Crippen molar-refractivity contribution in [1.82, 2.24) is 0 Å². The lowest BCUT2D eigenvalue weighted by Gasteiger charge is -2.24. The highest BCUT2D eigenvalue weighted by Crippen LogP contribution is 2.17. The molecule has 0 radical (unpaired) electrons. The van der Waals surface area contributed by atoms with Crippen molar-refractivity contribution >= 4 is 11.9 Å². The highest BCUT2D eigenvalue weighted by Gasteiger charge is 2.28. The summed E-state index contributed by atoms with van der Waals surface area (Å²) in [6.07, 6.45) is 0.610. The minimum absolute atomic E-state index is 0.179. The number of carbonyl (C=O) groups excluding carboxylic acids is 2. The van der Waals surface area contributed by atoms with Crippen molar-refractivity contribution < 1.29 is 19.1 Å². The van der Waals surface area contributed by atoms with Gasteiger partial charge in [0.15, 0.2) is 0 Å². The topological polar surface area (TPSA) is 105 Å². The van der Waals surface area contributed by atoms with Gasteiger partial charge in [-0.05, 0) is 40.2 Å². The first kappa shape index (κ1) is 16.9. The van der Waals surface area contributed by atoms with Gasteiger partial charge in [-0.3, -0.25) is 9.59 Å². The fraction of sp³-hybridized carbons (Fsp3) is 0.833. The molecule has 0 aromatic rings. The van der Waals surface area contributed by atoms with Gasteiger partial charge in [0.1, 0.15) is 11.6 Å². The summed E-state index contributed by atoms with van der Waals surface area (Å²) in [5.74, 6) is -1.41. The molecule has 6 nitrogen and oxygen atoms in total. The van der Waals surface area contributed by atoms with Crippen LogP contribution in [-0.4, -0.2) is 37.2 Å². The Kier molecular flexibility index (Phi) is 6.86. The maximum Gasteiger partial charge on any atom is 0.322 e. The Balaban J connectivity index is 4.56. The normalized spacial score (nSPS) is 14.8. The zero-order chi connectivity index (χ0) is 14.3. The van der Waals surface area contributed by atoms with Crippen LogP contribution in [0.5, 0.6) is 0 Å². The molecule has 4 N–H and O–H groups in total. The highest BCUT2D eigenvalue weighted by molar-refractivity contribution is 5.78. The van der Waals surface area contributed by atoms with E-state index in [1.807, 2.05) is 0 Å². The molecule has 0 aromatic carbocycles. The Hall–Kier alpha value is -1.14. The predicted octanol–water partition coefficient (Wildman–Crippen LogP) is 0.184. The summed E-state index contributed by atoms with van der Waals surface area (Å²) in [7, 11) is 1.26. The van der Waals surface area contributed by atoms with Crippen molar-refractivity contribution in [2.45, 2.75) is 45.3 Å². The van der Waals surface area contributed by atoms with Gasteiger partial charge < -0.3 is 20.9 Å². The molecule has 0 heterocycles. The third-order valence-corrected chi connectivity index (χ3v) is 2.30. The minimum Gasteiger partial charge on any atom is -0.468 e. The van der Waals surface area contributed by atoms with E-state index in [0.29, 0.717) is 13.0 Å². The molecule has 0 saturated carbocycles. The number of ether oxygens (including phenoxy) is 2. The summed E-state index contributed by atoms with van der Waals surface area (Å²) in [4.78, 5) is 23.1. The zero-order valence-corrected chi connectivity index (χ0v) is 11.6. The van der Waals surface area contributed by atoms with Crippen LogP contribution in [0, 0.1) is 5.92 Å². The molecule has 106 valence electrons. The Bertz CT molecular complexity index is 286. The van der Waals surface area contributed by atoms with E-state index >= 15 is 0 Å². The number of hydrogen-bond donors (Lipinski definition) is 2. The second-order valence-electron chi connectivity index (χ2n) is 5.17. The predicted molar refractivity (Wildman–Crippen MR) is 67.6 cm³/mol. The SMILES string of the molecule is COC(=O)[C@@H](N)CC(CCN)C(=O)OC(C)(C)C. The van der Waals surface area contributed by atoms with Crippen LogP contribution in [0.15, 0.2) is 0 Å². The molecule has 0 fully saturated rings. The van der Waals surface area contributed by atoms with Crippen LogP contribution < -0.4 is 11.5 Å². The fourth-order valence-corrected chi connectivity index (χ4v) is 1.47. The smallest absolute Gasteiger partial charge is 0.322 e. The van der Waals surface area contributed by atoms with Crippen LogP contribution >= 0.6 is 0 Å². The van der Waals surface area contributed by atoms with Gasteiger partial charge in [0.05, 0.1) is 13.0 Å². The summed E-state index contributed by atoms with van der Waals surface area (Å²) in [6, 6.07) is -0.834. The van der Waals surface area contributed by atoms with Gasteiger partial charge in [0.25, 0.3) is 0 Å². The lowest BCUT2D eigenvalue weighted by molar-refractivity contribution is -0.161. The third kappa shape index (κ3) is 6.56. The van der Waals surface area contributed by atoms with E-state index in [-0.39, 0.29) is 12.4 Å². The number of esters is 2. The van der Waals surface area contributed by atoms with Crippen molar-refractivity contribution in [2.24, 2.45) is 17.4 Å².